The van der Waals surface area contributed by atoms with Crippen molar-refractivity contribution in [3.63, 3.8) is 0 Å². The zero-order valence-electron chi connectivity index (χ0n) is 10.6. The number of nitrogens with zero attached hydrogens (tertiary/aromatic N) is 2. The molecule has 20 heavy (non-hydrogen) atoms. The highest BCUT2D eigenvalue weighted by molar-refractivity contribution is 8.00. The number of hydrogen-bond donors (Lipinski definition) is 1. The molecule has 1 aliphatic heterocycles. The quantitative estimate of drug-likeness (QED) is 0.894. The average molecular weight is 312 g/mol. The lowest BCUT2D eigenvalue weighted by Gasteiger charge is -2.21. The number of thioether (sulfide) groups is 1. The van der Waals surface area contributed by atoms with E-state index in [1.54, 1.807) is 13.0 Å². The third-order valence-electron chi connectivity index (χ3n) is 3.03. The van der Waals surface area contributed by atoms with Crippen LogP contribution in [0, 0.1) is 18.3 Å². The summed E-state index contributed by atoms with van der Waals surface area (Å²) in [5, 5.41) is 18.0. The van der Waals surface area contributed by atoms with Crippen LogP contribution in [0.1, 0.15) is 11.1 Å². The number of hydrogen-bond acceptors (Lipinski definition) is 5. The fourth-order valence-electron chi connectivity index (χ4n) is 1.93. The zero-order valence-corrected chi connectivity index (χ0v) is 12.2. The molecule has 1 atom stereocenters. The fourth-order valence-corrected chi connectivity index (χ4v) is 5.32. The van der Waals surface area contributed by atoms with Crippen LogP contribution in [0.25, 0.3) is 0 Å². The Balaban J connectivity index is 2.51. The van der Waals surface area contributed by atoms with Crippen LogP contribution in [0.3, 0.4) is 0 Å². The number of carboxylic acid groups (broad SMARTS) is 1. The van der Waals surface area contributed by atoms with E-state index in [9.17, 15) is 13.2 Å². The van der Waals surface area contributed by atoms with Gasteiger partial charge in [-0.1, -0.05) is 6.07 Å². The largest absolute Gasteiger partial charge is 0.480 e. The number of aryl methyl sites for hydroxylation is 1. The summed E-state index contributed by atoms with van der Waals surface area (Å²) >= 11 is 1.26. The summed E-state index contributed by atoms with van der Waals surface area (Å²) in [6.45, 7) is 1.62. The minimum Gasteiger partial charge on any atom is -0.480 e. The number of benzene rings is 1. The van der Waals surface area contributed by atoms with Gasteiger partial charge in [0, 0.05) is 5.75 Å². The Morgan fingerprint density at radius 2 is 2.25 bits per heavy atom. The lowest BCUT2D eigenvalue weighted by atomic mass is 10.2. The first-order valence-corrected chi connectivity index (χ1v) is 8.30. The summed E-state index contributed by atoms with van der Waals surface area (Å²) in [5.41, 5.74) is 0.720. The monoisotopic (exact) mass is 312 g/mol. The summed E-state index contributed by atoms with van der Waals surface area (Å²) in [4.78, 5) is 11.1. The molecule has 1 aromatic rings. The molecule has 1 N–H and O–H groups in total. The maximum absolute atomic E-state index is 12.6. The van der Waals surface area contributed by atoms with E-state index < -0.39 is 22.0 Å². The average Bonchev–Trinajstić information content (AvgIpc) is 2.89. The van der Waals surface area contributed by atoms with Crippen LogP contribution in [0.5, 0.6) is 0 Å². The highest BCUT2D eigenvalue weighted by atomic mass is 32.2. The van der Waals surface area contributed by atoms with E-state index in [0.717, 1.165) is 4.31 Å². The van der Waals surface area contributed by atoms with Crippen molar-refractivity contribution in [3.05, 3.63) is 29.3 Å². The first kappa shape index (κ1) is 14.8. The van der Waals surface area contributed by atoms with Crippen LogP contribution < -0.4 is 0 Å². The molecular weight excluding hydrogens is 300 g/mol. The van der Waals surface area contributed by atoms with E-state index in [0.29, 0.717) is 5.56 Å². The van der Waals surface area contributed by atoms with E-state index in [1.165, 1.54) is 23.9 Å². The molecule has 1 fully saturated rings. The second-order valence-electron chi connectivity index (χ2n) is 4.34. The summed E-state index contributed by atoms with van der Waals surface area (Å²) in [5.74, 6) is -0.825. The number of carbonyl (C=O) groups is 1. The van der Waals surface area contributed by atoms with E-state index in [1.807, 2.05) is 6.07 Å². The van der Waals surface area contributed by atoms with Crippen molar-refractivity contribution in [1.82, 2.24) is 4.31 Å². The van der Waals surface area contributed by atoms with Crippen molar-refractivity contribution in [2.45, 2.75) is 17.9 Å². The van der Waals surface area contributed by atoms with Gasteiger partial charge in [0.15, 0.2) is 0 Å². The highest BCUT2D eigenvalue weighted by Gasteiger charge is 2.40. The van der Waals surface area contributed by atoms with Crippen LogP contribution in [-0.4, -0.2) is 41.5 Å². The first-order valence-electron chi connectivity index (χ1n) is 5.71. The van der Waals surface area contributed by atoms with E-state index in [2.05, 4.69) is 0 Å². The molecule has 0 aliphatic carbocycles. The predicted octanol–water partition coefficient (Wildman–Crippen LogP) is 1.01. The van der Waals surface area contributed by atoms with Gasteiger partial charge >= 0.3 is 5.97 Å². The van der Waals surface area contributed by atoms with Gasteiger partial charge < -0.3 is 5.11 Å². The van der Waals surface area contributed by atoms with Gasteiger partial charge in [0.25, 0.3) is 0 Å². The summed E-state index contributed by atoms with van der Waals surface area (Å²) < 4.78 is 26.1. The molecule has 0 radical (unpaired) electrons. The molecule has 1 aliphatic rings. The van der Waals surface area contributed by atoms with Gasteiger partial charge in [-0.25, -0.2) is 8.42 Å². The van der Waals surface area contributed by atoms with Gasteiger partial charge in [-0.05, 0) is 24.6 Å². The van der Waals surface area contributed by atoms with Crippen LogP contribution in [0.4, 0.5) is 0 Å². The first-order chi connectivity index (χ1) is 9.37. The Morgan fingerprint density at radius 3 is 2.85 bits per heavy atom. The molecule has 0 unspecified atom stereocenters. The van der Waals surface area contributed by atoms with E-state index >= 15 is 0 Å². The summed E-state index contributed by atoms with van der Waals surface area (Å²) in [6.07, 6.45) is 0. The van der Waals surface area contributed by atoms with Crippen LogP contribution in [0.2, 0.25) is 0 Å². The maximum atomic E-state index is 12.6. The molecule has 0 saturated carbocycles. The van der Waals surface area contributed by atoms with Gasteiger partial charge in [-0.3, -0.25) is 4.79 Å². The second-order valence-corrected chi connectivity index (χ2v) is 7.20. The Labute approximate surface area is 121 Å². The van der Waals surface area contributed by atoms with Crippen LogP contribution in [0.15, 0.2) is 23.1 Å². The summed E-state index contributed by atoms with van der Waals surface area (Å²) in [6, 6.07) is 5.19. The third kappa shape index (κ3) is 2.52. The minimum absolute atomic E-state index is 0.00898. The van der Waals surface area contributed by atoms with Crippen molar-refractivity contribution in [2.24, 2.45) is 0 Å². The zero-order chi connectivity index (χ0) is 14.9. The molecular formula is C12H12N2O4S2. The highest BCUT2D eigenvalue weighted by Crippen LogP contribution is 2.30. The Bertz CT molecular complexity index is 694. The van der Waals surface area contributed by atoms with Crippen LogP contribution in [-0.2, 0) is 14.8 Å². The third-order valence-corrected chi connectivity index (χ3v) is 6.20. The van der Waals surface area contributed by atoms with Crippen LogP contribution >= 0.6 is 11.8 Å². The Hall–Kier alpha value is -1.56. The fraction of sp³-hybridized carbons (Fsp3) is 0.333. The molecule has 0 aromatic heterocycles. The molecule has 6 nitrogen and oxygen atoms in total. The number of sulfonamides is 1. The molecule has 1 saturated heterocycles. The van der Waals surface area contributed by atoms with E-state index in [-0.39, 0.29) is 22.1 Å². The van der Waals surface area contributed by atoms with Gasteiger partial charge in [-0.15, -0.1) is 11.8 Å². The topological polar surface area (TPSA) is 98.5 Å². The van der Waals surface area contributed by atoms with Crippen molar-refractivity contribution < 1.29 is 18.3 Å². The normalized spacial score (nSPS) is 19.7. The molecule has 106 valence electrons. The Morgan fingerprint density at radius 1 is 1.55 bits per heavy atom. The molecule has 1 aromatic carbocycles. The number of aliphatic carboxylic acids is 1. The molecule has 8 heteroatoms. The molecule has 0 bridgehead atoms. The number of nitriles is 1. The van der Waals surface area contributed by atoms with Gasteiger partial charge in [0.05, 0.1) is 22.4 Å². The van der Waals surface area contributed by atoms with Crippen molar-refractivity contribution in [3.8, 4) is 6.07 Å². The van der Waals surface area contributed by atoms with Gasteiger partial charge in [-0.2, -0.15) is 9.57 Å². The molecule has 2 rings (SSSR count). The van der Waals surface area contributed by atoms with Crippen molar-refractivity contribution in [1.29, 1.82) is 5.26 Å². The number of rotatable bonds is 3. The lowest BCUT2D eigenvalue weighted by molar-refractivity contribution is -0.140. The van der Waals surface area contributed by atoms with Crippen molar-refractivity contribution >= 4 is 27.8 Å². The predicted molar refractivity (Wildman–Crippen MR) is 73.7 cm³/mol. The van der Waals surface area contributed by atoms with Crippen molar-refractivity contribution in [2.75, 3.05) is 11.6 Å². The lowest BCUT2D eigenvalue weighted by Crippen LogP contribution is -2.41. The molecule has 1 heterocycles. The second kappa shape index (κ2) is 5.44. The molecule has 0 spiro atoms. The maximum Gasteiger partial charge on any atom is 0.322 e. The van der Waals surface area contributed by atoms with Gasteiger partial charge in [0.1, 0.15) is 6.04 Å². The SMILES string of the molecule is Cc1ccc(C#N)cc1S(=O)(=O)N1CSC[C@H]1C(=O)O. The number of carboxylic acids is 1. The molecule has 0 amide bonds. The van der Waals surface area contributed by atoms with E-state index in [4.69, 9.17) is 10.4 Å². The Kier molecular flexibility index (Phi) is 4.04. The van der Waals surface area contributed by atoms with Gasteiger partial charge in [0.2, 0.25) is 10.0 Å². The minimum atomic E-state index is -3.92. The smallest absolute Gasteiger partial charge is 0.322 e. The standard InChI is InChI=1S/C12H12N2O4S2/c1-8-2-3-9(5-13)4-11(8)20(17,18)14-7-19-6-10(14)12(15)16/h2-4,10H,6-7H2,1H3,(H,15,16)/t10-/m0/s1. The summed E-state index contributed by atoms with van der Waals surface area (Å²) in [7, 11) is -3.92.